The van der Waals surface area contributed by atoms with Gasteiger partial charge in [-0.05, 0) is 35.4 Å². The lowest BCUT2D eigenvalue weighted by Gasteiger charge is -2.21. The first-order valence-corrected chi connectivity index (χ1v) is 9.46. The van der Waals surface area contributed by atoms with E-state index in [2.05, 4.69) is 72.8 Å². The van der Waals surface area contributed by atoms with Crippen molar-refractivity contribution >= 4 is 17.6 Å². The van der Waals surface area contributed by atoms with Crippen LogP contribution in [0.4, 0.5) is 11.4 Å². The molecule has 0 heterocycles. The maximum atomic E-state index is 4.93. The van der Waals surface area contributed by atoms with E-state index >= 15 is 0 Å². The minimum atomic E-state index is 0.0809. The van der Waals surface area contributed by atoms with Gasteiger partial charge in [-0.15, -0.1) is 0 Å². The van der Waals surface area contributed by atoms with Gasteiger partial charge >= 0.3 is 0 Å². The summed E-state index contributed by atoms with van der Waals surface area (Å²) < 4.78 is 0. The molecule has 0 aliphatic rings. The van der Waals surface area contributed by atoms with Gasteiger partial charge in [0.2, 0.25) is 0 Å². The molecule has 0 radical (unpaired) electrons. The van der Waals surface area contributed by atoms with Crippen LogP contribution in [0.15, 0.2) is 126 Å². The van der Waals surface area contributed by atoms with Gasteiger partial charge in [0.25, 0.3) is 0 Å². The molecule has 0 aromatic heterocycles. The fourth-order valence-corrected chi connectivity index (χ4v) is 3.24. The van der Waals surface area contributed by atoms with Gasteiger partial charge in [-0.25, -0.2) is 5.01 Å². The fraction of sp³-hybridized carbons (Fsp3) is 0.0385. The van der Waals surface area contributed by atoms with Crippen molar-refractivity contribution in [2.45, 2.75) is 5.92 Å². The number of nitrogens with zero attached hydrogens (tertiary/aromatic N) is 2. The van der Waals surface area contributed by atoms with Gasteiger partial charge in [0.15, 0.2) is 0 Å². The molecule has 0 N–H and O–H groups in total. The Morgan fingerprint density at radius 2 is 0.857 bits per heavy atom. The summed E-state index contributed by atoms with van der Waals surface area (Å²) in [5, 5.41) is 6.91. The Balaban J connectivity index is 1.75. The SMILES string of the molecule is C(=N\N(c1ccccc1)c1ccccc1)/C(c1ccccc1)c1ccccc1. The molecular formula is C26H22N2. The van der Waals surface area contributed by atoms with E-state index in [1.165, 1.54) is 11.1 Å². The summed E-state index contributed by atoms with van der Waals surface area (Å²) in [6, 6.07) is 41.5. The van der Waals surface area contributed by atoms with Crippen LogP contribution in [-0.2, 0) is 0 Å². The summed E-state index contributed by atoms with van der Waals surface area (Å²) in [4.78, 5) is 0. The molecule has 0 aliphatic carbocycles. The molecule has 136 valence electrons. The van der Waals surface area contributed by atoms with Gasteiger partial charge in [0.05, 0.1) is 11.4 Å². The van der Waals surface area contributed by atoms with Crippen LogP contribution in [0.3, 0.4) is 0 Å². The van der Waals surface area contributed by atoms with E-state index < -0.39 is 0 Å². The van der Waals surface area contributed by atoms with Crippen molar-refractivity contribution in [3.63, 3.8) is 0 Å². The van der Waals surface area contributed by atoms with E-state index in [1.807, 2.05) is 59.8 Å². The van der Waals surface area contributed by atoms with Crippen molar-refractivity contribution in [2.75, 3.05) is 5.01 Å². The molecule has 0 amide bonds. The topological polar surface area (TPSA) is 15.6 Å². The number of hydrogen-bond donors (Lipinski definition) is 0. The van der Waals surface area contributed by atoms with Crippen LogP contribution in [0.5, 0.6) is 0 Å². The maximum absolute atomic E-state index is 4.93. The molecule has 4 rings (SSSR count). The second kappa shape index (κ2) is 8.83. The van der Waals surface area contributed by atoms with Crippen LogP contribution < -0.4 is 5.01 Å². The average Bonchev–Trinajstić information content (AvgIpc) is 2.79. The van der Waals surface area contributed by atoms with Crippen LogP contribution in [-0.4, -0.2) is 6.21 Å². The van der Waals surface area contributed by atoms with Crippen molar-refractivity contribution in [3.05, 3.63) is 132 Å². The average molecular weight is 362 g/mol. The predicted molar refractivity (Wildman–Crippen MR) is 118 cm³/mol. The van der Waals surface area contributed by atoms with Gasteiger partial charge < -0.3 is 0 Å². The van der Waals surface area contributed by atoms with E-state index in [0.29, 0.717) is 0 Å². The Morgan fingerprint density at radius 1 is 0.500 bits per heavy atom. The highest BCUT2D eigenvalue weighted by molar-refractivity contribution is 5.76. The second-order valence-corrected chi connectivity index (χ2v) is 6.55. The molecule has 0 spiro atoms. The maximum Gasteiger partial charge on any atom is 0.0652 e. The fourth-order valence-electron chi connectivity index (χ4n) is 3.24. The first-order valence-electron chi connectivity index (χ1n) is 9.46. The zero-order chi connectivity index (χ0) is 19.0. The third kappa shape index (κ3) is 4.18. The van der Waals surface area contributed by atoms with E-state index in [4.69, 9.17) is 5.10 Å². The molecule has 0 aliphatic heterocycles. The van der Waals surface area contributed by atoms with Crippen LogP contribution >= 0.6 is 0 Å². The van der Waals surface area contributed by atoms with Crippen LogP contribution in [0.25, 0.3) is 0 Å². The molecule has 0 saturated heterocycles. The Bertz CT molecular complexity index is 833. The summed E-state index contributed by atoms with van der Waals surface area (Å²) in [5.74, 6) is 0.0809. The Kier molecular flexibility index (Phi) is 5.60. The number of para-hydroxylation sites is 2. The van der Waals surface area contributed by atoms with Crippen molar-refractivity contribution in [2.24, 2.45) is 5.10 Å². The molecular weight excluding hydrogens is 340 g/mol. The molecule has 0 fully saturated rings. The van der Waals surface area contributed by atoms with Crippen molar-refractivity contribution < 1.29 is 0 Å². The first kappa shape index (κ1) is 17.7. The number of hydrogen-bond acceptors (Lipinski definition) is 2. The highest BCUT2D eigenvalue weighted by atomic mass is 15.5. The summed E-state index contributed by atoms with van der Waals surface area (Å²) in [6.45, 7) is 0. The Morgan fingerprint density at radius 3 is 1.25 bits per heavy atom. The monoisotopic (exact) mass is 362 g/mol. The first-order chi connectivity index (χ1) is 13.9. The lowest BCUT2D eigenvalue weighted by atomic mass is 9.92. The van der Waals surface area contributed by atoms with E-state index in [1.54, 1.807) is 0 Å². The second-order valence-electron chi connectivity index (χ2n) is 6.55. The number of benzene rings is 4. The minimum Gasteiger partial charge on any atom is -0.234 e. The van der Waals surface area contributed by atoms with Gasteiger partial charge in [0.1, 0.15) is 0 Å². The van der Waals surface area contributed by atoms with Gasteiger partial charge in [-0.3, -0.25) is 0 Å². The smallest absolute Gasteiger partial charge is 0.0652 e. The van der Waals surface area contributed by atoms with E-state index in [0.717, 1.165) is 11.4 Å². The number of rotatable bonds is 6. The van der Waals surface area contributed by atoms with Crippen molar-refractivity contribution in [3.8, 4) is 0 Å². The minimum absolute atomic E-state index is 0.0809. The highest BCUT2D eigenvalue weighted by Gasteiger charge is 2.13. The summed E-state index contributed by atoms with van der Waals surface area (Å²) >= 11 is 0. The van der Waals surface area contributed by atoms with Crippen molar-refractivity contribution in [1.82, 2.24) is 0 Å². The molecule has 0 saturated carbocycles. The van der Waals surface area contributed by atoms with Crippen molar-refractivity contribution in [1.29, 1.82) is 0 Å². The molecule has 4 aromatic rings. The van der Waals surface area contributed by atoms with Crippen LogP contribution in [0, 0.1) is 0 Å². The molecule has 2 nitrogen and oxygen atoms in total. The number of hydrazone groups is 1. The van der Waals surface area contributed by atoms with Crippen LogP contribution in [0.2, 0.25) is 0 Å². The zero-order valence-electron chi connectivity index (χ0n) is 15.6. The normalized spacial score (nSPS) is 11.0. The molecule has 0 unspecified atom stereocenters. The Hall–Kier alpha value is -3.65. The highest BCUT2D eigenvalue weighted by Crippen LogP contribution is 2.27. The lowest BCUT2D eigenvalue weighted by Crippen LogP contribution is -2.12. The van der Waals surface area contributed by atoms with Gasteiger partial charge in [-0.1, -0.05) is 97.1 Å². The van der Waals surface area contributed by atoms with Crippen LogP contribution in [0.1, 0.15) is 17.0 Å². The number of anilines is 2. The standard InChI is InChI=1S/C26H22N2/c1-5-13-22(14-6-1)26(23-15-7-2-8-16-23)21-27-28(24-17-9-3-10-18-24)25-19-11-4-12-20-25/h1-21,26H/b27-21+. The molecule has 2 heteroatoms. The molecule has 28 heavy (non-hydrogen) atoms. The molecule has 0 bridgehead atoms. The van der Waals surface area contributed by atoms with E-state index in [9.17, 15) is 0 Å². The predicted octanol–water partition coefficient (Wildman–Crippen LogP) is 6.64. The summed E-state index contributed by atoms with van der Waals surface area (Å²) in [7, 11) is 0. The van der Waals surface area contributed by atoms with E-state index in [-0.39, 0.29) is 5.92 Å². The molecule has 0 atom stereocenters. The van der Waals surface area contributed by atoms with Gasteiger partial charge in [-0.2, -0.15) is 5.10 Å². The quantitative estimate of drug-likeness (QED) is 0.277. The largest absolute Gasteiger partial charge is 0.234 e. The Labute approximate surface area is 166 Å². The third-order valence-electron chi connectivity index (χ3n) is 4.65. The zero-order valence-corrected chi connectivity index (χ0v) is 15.6. The lowest BCUT2D eigenvalue weighted by molar-refractivity contribution is 1.04. The summed E-state index contributed by atoms with van der Waals surface area (Å²) in [6.07, 6.45) is 2.03. The summed E-state index contributed by atoms with van der Waals surface area (Å²) in [5.41, 5.74) is 4.51. The third-order valence-corrected chi connectivity index (χ3v) is 4.65. The van der Waals surface area contributed by atoms with Gasteiger partial charge in [0, 0.05) is 12.1 Å². The molecule has 4 aromatic carbocycles.